The summed E-state index contributed by atoms with van der Waals surface area (Å²) in [6, 6.07) is 16.1. The first-order valence-electron chi connectivity index (χ1n) is 9.79. The highest BCUT2D eigenvalue weighted by molar-refractivity contribution is 5.95. The van der Waals surface area contributed by atoms with Gasteiger partial charge in [-0.1, -0.05) is 49.4 Å². The van der Waals surface area contributed by atoms with Gasteiger partial charge in [0, 0.05) is 18.7 Å². The van der Waals surface area contributed by atoms with E-state index >= 15 is 0 Å². The molecule has 0 spiro atoms. The number of anilines is 1. The van der Waals surface area contributed by atoms with Gasteiger partial charge in [0.25, 0.3) is 0 Å². The monoisotopic (exact) mass is 364 g/mol. The standard InChI is InChI=1S/C23H28N2O2/c1-3-14-25(16-22(26)24-21-11-7-4-8-17(21)2)23(27)15-19-13-12-18-9-5-6-10-20(18)19/h4-11,19H,3,12-16H2,1-2H3,(H,24,26). The predicted molar refractivity (Wildman–Crippen MR) is 109 cm³/mol. The van der Waals surface area contributed by atoms with Crippen molar-refractivity contribution in [1.29, 1.82) is 0 Å². The Kier molecular flexibility index (Phi) is 6.28. The van der Waals surface area contributed by atoms with E-state index in [1.54, 1.807) is 4.90 Å². The Hall–Kier alpha value is -2.62. The molecule has 4 heteroatoms. The second kappa shape index (κ2) is 8.85. The van der Waals surface area contributed by atoms with Gasteiger partial charge in [0.1, 0.15) is 0 Å². The van der Waals surface area contributed by atoms with Gasteiger partial charge >= 0.3 is 0 Å². The van der Waals surface area contributed by atoms with Crippen LogP contribution >= 0.6 is 0 Å². The molecule has 2 aromatic rings. The molecular weight excluding hydrogens is 336 g/mol. The minimum Gasteiger partial charge on any atom is -0.333 e. The maximum Gasteiger partial charge on any atom is 0.244 e. The molecule has 3 rings (SSSR count). The van der Waals surface area contributed by atoms with E-state index in [9.17, 15) is 9.59 Å². The van der Waals surface area contributed by atoms with Gasteiger partial charge in [0.2, 0.25) is 11.8 Å². The van der Waals surface area contributed by atoms with E-state index in [0.717, 1.165) is 30.5 Å². The molecular formula is C23H28N2O2. The second-order valence-electron chi connectivity index (χ2n) is 7.32. The van der Waals surface area contributed by atoms with Crippen LogP contribution in [0.15, 0.2) is 48.5 Å². The lowest BCUT2D eigenvalue weighted by Crippen LogP contribution is -2.39. The van der Waals surface area contributed by atoms with Crippen LogP contribution in [0.4, 0.5) is 5.69 Å². The highest BCUT2D eigenvalue weighted by atomic mass is 16.2. The fourth-order valence-corrected chi connectivity index (χ4v) is 3.84. The van der Waals surface area contributed by atoms with Gasteiger partial charge in [-0.05, 0) is 54.9 Å². The number of carbonyl (C=O) groups excluding carboxylic acids is 2. The van der Waals surface area contributed by atoms with Crippen molar-refractivity contribution in [1.82, 2.24) is 4.90 Å². The molecule has 1 aliphatic rings. The smallest absolute Gasteiger partial charge is 0.244 e. The Morgan fingerprint density at radius 2 is 1.85 bits per heavy atom. The zero-order valence-corrected chi connectivity index (χ0v) is 16.2. The quantitative estimate of drug-likeness (QED) is 0.797. The lowest BCUT2D eigenvalue weighted by Gasteiger charge is -2.23. The minimum absolute atomic E-state index is 0.0680. The molecule has 0 bridgehead atoms. The number of hydrogen-bond donors (Lipinski definition) is 1. The summed E-state index contributed by atoms with van der Waals surface area (Å²) < 4.78 is 0. The van der Waals surface area contributed by atoms with E-state index in [4.69, 9.17) is 0 Å². The highest BCUT2D eigenvalue weighted by Crippen LogP contribution is 2.35. The molecule has 27 heavy (non-hydrogen) atoms. The van der Waals surface area contributed by atoms with E-state index in [1.165, 1.54) is 11.1 Å². The predicted octanol–water partition coefficient (Wildman–Crippen LogP) is 4.29. The van der Waals surface area contributed by atoms with Crippen LogP contribution in [0, 0.1) is 6.92 Å². The fraction of sp³-hybridized carbons (Fsp3) is 0.391. The van der Waals surface area contributed by atoms with E-state index in [2.05, 4.69) is 23.5 Å². The largest absolute Gasteiger partial charge is 0.333 e. The molecule has 1 N–H and O–H groups in total. The SMILES string of the molecule is CCCN(CC(=O)Nc1ccccc1C)C(=O)CC1CCc2ccccc21. The van der Waals surface area contributed by atoms with Crippen molar-refractivity contribution in [2.24, 2.45) is 0 Å². The Bertz CT molecular complexity index is 816. The molecule has 1 unspecified atom stereocenters. The van der Waals surface area contributed by atoms with Crippen molar-refractivity contribution < 1.29 is 9.59 Å². The summed E-state index contributed by atoms with van der Waals surface area (Å²) in [4.78, 5) is 27.1. The van der Waals surface area contributed by atoms with Crippen LogP contribution in [-0.4, -0.2) is 29.8 Å². The molecule has 1 aliphatic carbocycles. The number of benzene rings is 2. The third kappa shape index (κ3) is 4.76. The number of hydrogen-bond acceptors (Lipinski definition) is 2. The van der Waals surface area contributed by atoms with Crippen LogP contribution in [-0.2, 0) is 16.0 Å². The number of aryl methyl sites for hydroxylation is 2. The maximum absolute atomic E-state index is 12.9. The molecule has 142 valence electrons. The topological polar surface area (TPSA) is 49.4 Å². The van der Waals surface area contributed by atoms with Crippen LogP contribution < -0.4 is 5.32 Å². The third-order valence-electron chi connectivity index (χ3n) is 5.28. The summed E-state index contributed by atoms with van der Waals surface area (Å²) in [5.74, 6) is 0.198. The van der Waals surface area contributed by atoms with Crippen molar-refractivity contribution in [2.45, 2.75) is 45.4 Å². The summed E-state index contributed by atoms with van der Waals surface area (Å²) in [6.45, 7) is 4.70. The first-order valence-corrected chi connectivity index (χ1v) is 9.79. The van der Waals surface area contributed by atoms with Gasteiger partial charge < -0.3 is 10.2 Å². The Morgan fingerprint density at radius 3 is 2.63 bits per heavy atom. The molecule has 1 atom stereocenters. The molecule has 0 radical (unpaired) electrons. The number of amides is 2. The number of carbonyl (C=O) groups is 2. The molecule has 0 aromatic heterocycles. The summed E-state index contributed by atoms with van der Waals surface area (Å²) in [5, 5.41) is 2.93. The number of rotatable bonds is 7. The summed E-state index contributed by atoms with van der Waals surface area (Å²) in [5.41, 5.74) is 4.47. The zero-order chi connectivity index (χ0) is 19.2. The van der Waals surface area contributed by atoms with E-state index < -0.39 is 0 Å². The van der Waals surface area contributed by atoms with Crippen molar-refractivity contribution in [3.8, 4) is 0 Å². The third-order valence-corrected chi connectivity index (χ3v) is 5.28. The van der Waals surface area contributed by atoms with Crippen LogP contribution in [0.3, 0.4) is 0 Å². The van der Waals surface area contributed by atoms with Crippen LogP contribution in [0.1, 0.15) is 48.8 Å². The molecule has 4 nitrogen and oxygen atoms in total. The molecule has 0 fully saturated rings. The van der Waals surface area contributed by atoms with E-state index in [1.807, 2.05) is 44.2 Å². The number of nitrogens with one attached hydrogen (secondary N) is 1. The summed E-state index contributed by atoms with van der Waals surface area (Å²) in [7, 11) is 0. The lowest BCUT2D eigenvalue weighted by atomic mass is 9.97. The average molecular weight is 364 g/mol. The highest BCUT2D eigenvalue weighted by Gasteiger charge is 2.27. The van der Waals surface area contributed by atoms with Gasteiger partial charge in [-0.25, -0.2) is 0 Å². The average Bonchev–Trinajstić information content (AvgIpc) is 3.06. The fourth-order valence-electron chi connectivity index (χ4n) is 3.84. The summed E-state index contributed by atoms with van der Waals surface area (Å²) >= 11 is 0. The summed E-state index contributed by atoms with van der Waals surface area (Å²) in [6.07, 6.45) is 3.37. The van der Waals surface area contributed by atoms with E-state index in [0.29, 0.717) is 13.0 Å². The molecule has 0 saturated carbocycles. The van der Waals surface area contributed by atoms with Crippen LogP contribution in [0.5, 0.6) is 0 Å². The Morgan fingerprint density at radius 1 is 1.11 bits per heavy atom. The van der Waals surface area contributed by atoms with Crippen molar-refractivity contribution in [3.05, 3.63) is 65.2 Å². The molecule has 0 aliphatic heterocycles. The van der Waals surface area contributed by atoms with Crippen molar-refractivity contribution in [3.63, 3.8) is 0 Å². The maximum atomic E-state index is 12.9. The first-order chi connectivity index (χ1) is 13.1. The number of fused-ring (bicyclic) bond motifs is 1. The Balaban J connectivity index is 1.62. The zero-order valence-electron chi connectivity index (χ0n) is 16.2. The van der Waals surface area contributed by atoms with Crippen LogP contribution in [0.25, 0.3) is 0 Å². The molecule has 2 aromatic carbocycles. The molecule has 0 saturated heterocycles. The number of para-hydroxylation sites is 1. The van der Waals surface area contributed by atoms with Crippen molar-refractivity contribution in [2.75, 3.05) is 18.4 Å². The van der Waals surface area contributed by atoms with E-state index in [-0.39, 0.29) is 24.3 Å². The Labute approximate surface area is 161 Å². The lowest BCUT2D eigenvalue weighted by molar-refractivity contribution is -0.135. The number of nitrogens with zero attached hydrogens (tertiary/aromatic N) is 1. The van der Waals surface area contributed by atoms with Gasteiger partial charge in [-0.15, -0.1) is 0 Å². The second-order valence-corrected chi connectivity index (χ2v) is 7.32. The van der Waals surface area contributed by atoms with Gasteiger partial charge in [0.05, 0.1) is 6.54 Å². The molecule has 2 amide bonds. The van der Waals surface area contributed by atoms with Crippen LogP contribution in [0.2, 0.25) is 0 Å². The van der Waals surface area contributed by atoms with Crippen molar-refractivity contribution >= 4 is 17.5 Å². The minimum atomic E-state index is -0.141. The molecule has 0 heterocycles. The normalized spacial score (nSPS) is 15.3. The van der Waals surface area contributed by atoms with Gasteiger partial charge in [-0.2, -0.15) is 0 Å². The van der Waals surface area contributed by atoms with Gasteiger partial charge in [0.15, 0.2) is 0 Å². The first kappa shape index (κ1) is 19.2. The van der Waals surface area contributed by atoms with Gasteiger partial charge in [-0.3, -0.25) is 9.59 Å².